The van der Waals surface area contributed by atoms with E-state index in [1.807, 2.05) is 0 Å². The van der Waals surface area contributed by atoms with E-state index in [1.165, 1.54) is 0 Å². The summed E-state index contributed by atoms with van der Waals surface area (Å²) in [6, 6.07) is 3.72. The van der Waals surface area contributed by atoms with Gasteiger partial charge in [0.2, 0.25) is 23.6 Å². The third-order valence-corrected chi connectivity index (χ3v) is 5.00. The van der Waals surface area contributed by atoms with E-state index in [-0.39, 0.29) is 19.3 Å². The number of aliphatic carboxylic acids is 1. The second-order valence-corrected chi connectivity index (χ2v) is 8.17. The fraction of sp³-hybridized carbons (Fsp3) is 0.500. The molecule has 0 radical (unpaired) electrons. The smallest absolute Gasteiger partial charge is 0.326 e. The van der Waals surface area contributed by atoms with Crippen LogP contribution in [0.2, 0.25) is 0 Å². The molecule has 1 aromatic rings. The third-order valence-electron chi connectivity index (χ3n) is 5.00. The zero-order chi connectivity index (χ0) is 25.8. The lowest BCUT2D eigenvalue weighted by Crippen LogP contribution is -2.59. The first-order valence-electron chi connectivity index (χ1n) is 10.8. The molecular formula is C22H33N5O7. The van der Waals surface area contributed by atoms with Gasteiger partial charge in [-0.15, -0.1) is 0 Å². The maximum absolute atomic E-state index is 12.7. The van der Waals surface area contributed by atoms with Crippen LogP contribution in [0.15, 0.2) is 30.3 Å². The largest absolute Gasteiger partial charge is 0.480 e. The Morgan fingerprint density at radius 3 is 2.00 bits per heavy atom. The molecule has 12 nitrogen and oxygen atoms in total. The summed E-state index contributed by atoms with van der Waals surface area (Å²) >= 11 is 0. The van der Waals surface area contributed by atoms with E-state index < -0.39 is 66.3 Å². The Kier molecular flexibility index (Phi) is 11.7. The number of primary amides is 1. The van der Waals surface area contributed by atoms with Gasteiger partial charge >= 0.3 is 5.97 Å². The highest BCUT2D eigenvalue weighted by molar-refractivity contribution is 5.94. The van der Waals surface area contributed by atoms with Gasteiger partial charge in [-0.05, 0) is 17.9 Å². The maximum Gasteiger partial charge on any atom is 0.326 e. The predicted molar refractivity (Wildman–Crippen MR) is 122 cm³/mol. The summed E-state index contributed by atoms with van der Waals surface area (Å²) in [4.78, 5) is 60.1. The highest BCUT2D eigenvalue weighted by Gasteiger charge is 2.31. The van der Waals surface area contributed by atoms with Gasteiger partial charge in [0.1, 0.15) is 18.1 Å². The molecule has 4 atom stereocenters. The highest BCUT2D eigenvalue weighted by Crippen LogP contribution is 2.06. The van der Waals surface area contributed by atoms with Crippen LogP contribution in [0.25, 0.3) is 0 Å². The Labute approximate surface area is 197 Å². The Morgan fingerprint density at radius 2 is 1.50 bits per heavy atom. The lowest BCUT2D eigenvalue weighted by atomic mass is 10.0. The number of benzene rings is 1. The molecule has 0 saturated carbocycles. The van der Waals surface area contributed by atoms with Crippen molar-refractivity contribution >= 4 is 29.6 Å². The number of nitrogens with one attached hydrogen (secondary N) is 3. The van der Waals surface area contributed by atoms with Crippen LogP contribution in [0, 0.1) is 5.92 Å². The minimum atomic E-state index is -1.45. The molecule has 0 aliphatic carbocycles. The Hall–Kier alpha value is -3.51. The highest BCUT2D eigenvalue weighted by atomic mass is 16.4. The molecule has 0 heterocycles. The van der Waals surface area contributed by atoms with Crippen molar-refractivity contribution in [3.05, 3.63) is 35.9 Å². The minimum Gasteiger partial charge on any atom is -0.480 e. The van der Waals surface area contributed by atoms with Crippen molar-refractivity contribution in [2.24, 2.45) is 17.4 Å². The number of hydrogen-bond acceptors (Lipinski definition) is 7. The molecule has 0 fully saturated rings. The Balaban J connectivity index is 2.81. The first-order valence-corrected chi connectivity index (χ1v) is 10.8. The fourth-order valence-electron chi connectivity index (χ4n) is 3.00. The van der Waals surface area contributed by atoms with Crippen LogP contribution in [0.5, 0.6) is 0 Å². The van der Waals surface area contributed by atoms with Crippen molar-refractivity contribution in [1.82, 2.24) is 16.0 Å². The third kappa shape index (κ3) is 9.55. The number of nitrogens with two attached hydrogens (primary N) is 2. The molecule has 4 unspecified atom stereocenters. The van der Waals surface area contributed by atoms with Gasteiger partial charge in [-0.25, -0.2) is 4.79 Å². The van der Waals surface area contributed by atoms with E-state index in [4.69, 9.17) is 11.5 Å². The van der Waals surface area contributed by atoms with Gasteiger partial charge < -0.3 is 37.6 Å². The first-order chi connectivity index (χ1) is 16.0. The van der Waals surface area contributed by atoms with Gasteiger partial charge in [-0.1, -0.05) is 44.2 Å². The number of hydrogen-bond donors (Lipinski definition) is 7. The minimum absolute atomic E-state index is 0.00186. The normalized spacial score (nSPS) is 14.4. The molecule has 0 aliphatic rings. The summed E-state index contributed by atoms with van der Waals surface area (Å²) < 4.78 is 0. The second-order valence-electron chi connectivity index (χ2n) is 8.17. The monoisotopic (exact) mass is 479 g/mol. The average molecular weight is 480 g/mol. The molecule has 1 aromatic carbocycles. The summed E-state index contributed by atoms with van der Waals surface area (Å²) in [6.45, 7) is 2.49. The number of carbonyl (C=O) groups excluding carboxylic acids is 4. The standard InChI is InChI=1S/C22H33N5O7/c1-12(2)18(27-19(30)14(23)8-9-17(24)29)21(32)26-16(11-28)20(31)25-15(22(33)34)10-13-6-4-3-5-7-13/h3-7,12,14-16,18,28H,8-11,23H2,1-2H3,(H2,24,29)(H,25,31)(H,26,32)(H,27,30)(H,33,34). The van der Waals surface area contributed by atoms with Crippen LogP contribution in [-0.2, 0) is 30.4 Å². The zero-order valence-electron chi connectivity index (χ0n) is 19.2. The summed E-state index contributed by atoms with van der Waals surface area (Å²) in [6.07, 6.45) is -0.108. The van der Waals surface area contributed by atoms with Crippen molar-refractivity contribution in [3.63, 3.8) is 0 Å². The lowest BCUT2D eigenvalue weighted by molar-refractivity contribution is -0.142. The molecule has 9 N–H and O–H groups in total. The summed E-state index contributed by atoms with van der Waals surface area (Å²) in [5, 5.41) is 26.2. The van der Waals surface area contributed by atoms with Crippen LogP contribution in [0.1, 0.15) is 32.3 Å². The van der Waals surface area contributed by atoms with Crippen LogP contribution < -0.4 is 27.4 Å². The van der Waals surface area contributed by atoms with Gasteiger partial charge in [0, 0.05) is 12.8 Å². The van der Waals surface area contributed by atoms with Crippen molar-refractivity contribution < 1.29 is 34.2 Å². The average Bonchev–Trinajstić information content (AvgIpc) is 2.78. The Morgan fingerprint density at radius 1 is 0.912 bits per heavy atom. The molecule has 12 heteroatoms. The van der Waals surface area contributed by atoms with E-state index in [0.717, 1.165) is 0 Å². The molecule has 188 valence electrons. The molecule has 0 saturated heterocycles. The van der Waals surface area contributed by atoms with Crippen molar-refractivity contribution in [2.45, 2.75) is 57.3 Å². The lowest BCUT2D eigenvalue weighted by Gasteiger charge is -2.26. The van der Waals surface area contributed by atoms with E-state index in [0.29, 0.717) is 5.56 Å². The van der Waals surface area contributed by atoms with Crippen molar-refractivity contribution in [3.8, 4) is 0 Å². The first kappa shape index (κ1) is 28.5. The molecule has 0 aliphatic heterocycles. The van der Waals surface area contributed by atoms with Crippen molar-refractivity contribution in [1.29, 1.82) is 0 Å². The number of carbonyl (C=O) groups is 5. The van der Waals surface area contributed by atoms with Gasteiger partial charge in [0.05, 0.1) is 12.6 Å². The fourth-order valence-corrected chi connectivity index (χ4v) is 3.00. The maximum atomic E-state index is 12.7. The van der Waals surface area contributed by atoms with Gasteiger partial charge in [0.15, 0.2) is 0 Å². The summed E-state index contributed by atoms with van der Waals surface area (Å²) in [5.41, 5.74) is 11.4. The Bertz CT molecular complexity index is 862. The number of rotatable bonds is 14. The van der Waals surface area contributed by atoms with E-state index in [2.05, 4.69) is 16.0 Å². The predicted octanol–water partition coefficient (Wildman–Crippen LogP) is -1.99. The van der Waals surface area contributed by atoms with Crippen molar-refractivity contribution in [2.75, 3.05) is 6.61 Å². The molecule has 0 spiro atoms. The SMILES string of the molecule is CC(C)C(NC(=O)C(N)CCC(N)=O)C(=O)NC(CO)C(=O)NC(Cc1ccccc1)C(=O)O. The number of amides is 4. The number of aliphatic hydroxyl groups is 1. The molecule has 1 rings (SSSR count). The summed E-state index contributed by atoms with van der Waals surface area (Å²) in [7, 11) is 0. The van der Waals surface area contributed by atoms with Crippen LogP contribution >= 0.6 is 0 Å². The van der Waals surface area contributed by atoms with Gasteiger partial charge in [0.25, 0.3) is 0 Å². The molecule has 4 amide bonds. The summed E-state index contributed by atoms with van der Waals surface area (Å²) in [5.74, 6) is -4.67. The second kappa shape index (κ2) is 13.9. The topological polar surface area (TPSA) is 214 Å². The van der Waals surface area contributed by atoms with E-state index in [1.54, 1.807) is 44.2 Å². The van der Waals surface area contributed by atoms with E-state index >= 15 is 0 Å². The molecular weight excluding hydrogens is 446 g/mol. The molecule has 0 bridgehead atoms. The number of carboxylic acid groups (broad SMARTS) is 1. The van der Waals surface area contributed by atoms with Crippen LogP contribution in [-0.4, -0.2) is 70.6 Å². The van der Waals surface area contributed by atoms with Gasteiger partial charge in [-0.2, -0.15) is 0 Å². The number of carboxylic acids is 1. The van der Waals surface area contributed by atoms with E-state index in [9.17, 15) is 34.2 Å². The van der Waals surface area contributed by atoms with Crippen LogP contribution in [0.4, 0.5) is 0 Å². The molecule has 0 aromatic heterocycles. The van der Waals surface area contributed by atoms with Gasteiger partial charge in [-0.3, -0.25) is 19.2 Å². The zero-order valence-corrected chi connectivity index (χ0v) is 19.2. The van der Waals surface area contributed by atoms with Crippen LogP contribution in [0.3, 0.4) is 0 Å². The quantitative estimate of drug-likeness (QED) is 0.158. The number of aliphatic hydroxyl groups excluding tert-OH is 1. The molecule has 34 heavy (non-hydrogen) atoms.